The van der Waals surface area contributed by atoms with E-state index >= 15 is 0 Å². The third-order valence-corrected chi connectivity index (χ3v) is 6.14. The highest BCUT2D eigenvalue weighted by Gasteiger charge is 2.25. The molecule has 156 valence electrons. The van der Waals surface area contributed by atoms with E-state index in [2.05, 4.69) is 15.0 Å². The molecule has 0 unspecified atom stereocenters. The van der Waals surface area contributed by atoms with E-state index in [1.165, 1.54) is 0 Å². The van der Waals surface area contributed by atoms with E-state index in [0.29, 0.717) is 30.7 Å². The van der Waals surface area contributed by atoms with Crippen LogP contribution in [-0.2, 0) is 6.42 Å². The van der Waals surface area contributed by atoms with Gasteiger partial charge in [0.2, 0.25) is 0 Å². The number of rotatable bonds is 7. The summed E-state index contributed by atoms with van der Waals surface area (Å²) in [7, 11) is 0. The van der Waals surface area contributed by atoms with Crippen LogP contribution in [-0.4, -0.2) is 50.9 Å². The van der Waals surface area contributed by atoms with Crippen molar-refractivity contribution in [1.29, 1.82) is 0 Å². The van der Waals surface area contributed by atoms with Crippen LogP contribution in [0.15, 0.2) is 66.3 Å². The molecule has 30 heavy (non-hydrogen) atoms. The number of aromatic nitrogens is 3. The van der Waals surface area contributed by atoms with Gasteiger partial charge in [0.15, 0.2) is 5.16 Å². The van der Waals surface area contributed by atoms with Crippen LogP contribution in [0.3, 0.4) is 0 Å². The number of likely N-dealkylation sites (tertiary alicyclic amines) is 1. The second-order valence-corrected chi connectivity index (χ2v) is 8.28. The number of carbonyl (C=O) groups is 1. The summed E-state index contributed by atoms with van der Waals surface area (Å²) in [6.07, 6.45) is 9.34. The molecule has 1 aliphatic heterocycles. The zero-order valence-corrected chi connectivity index (χ0v) is 17.4. The van der Waals surface area contributed by atoms with E-state index in [4.69, 9.17) is 9.47 Å². The van der Waals surface area contributed by atoms with Gasteiger partial charge in [-0.1, -0.05) is 23.9 Å². The molecule has 0 aliphatic carbocycles. The molecule has 7 nitrogen and oxygen atoms in total. The molecule has 1 aliphatic rings. The van der Waals surface area contributed by atoms with E-state index in [1.807, 2.05) is 42.6 Å². The number of ether oxygens (including phenoxy) is 2. The second-order valence-electron chi connectivity index (χ2n) is 6.99. The Bertz CT molecular complexity index is 911. The lowest BCUT2D eigenvalue weighted by Crippen LogP contribution is -2.40. The third-order valence-electron chi connectivity index (χ3n) is 4.89. The Morgan fingerprint density at radius 3 is 2.53 bits per heavy atom. The van der Waals surface area contributed by atoms with Crippen molar-refractivity contribution in [2.75, 3.05) is 19.7 Å². The first-order chi connectivity index (χ1) is 14.8. The van der Waals surface area contributed by atoms with Gasteiger partial charge in [0.1, 0.15) is 11.5 Å². The lowest BCUT2D eigenvalue weighted by atomic mass is 10.1. The molecule has 0 spiro atoms. The molecule has 0 atom stereocenters. The average Bonchev–Trinajstić information content (AvgIpc) is 3.29. The summed E-state index contributed by atoms with van der Waals surface area (Å²) in [4.78, 5) is 25.6. The maximum atomic E-state index is 12.5. The summed E-state index contributed by atoms with van der Waals surface area (Å²) in [5, 5.41) is 1.40. The summed E-state index contributed by atoms with van der Waals surface area (Å²) in [6.45, 7) is 1.97. The number of thioether (sulfide) groups is 1. The highest BCUT2D eigenvalue weighted by molar-refractivity contribution is 7.99. The summed E-state index contributed by atoms with van der Waals surface area (Å²) >= 11 is 1.74. The van der Waals surface area contributed by atoms with Crippen molar-refractivity contribution in [2.45, 2.75) is 29.7 Å². The molecule has 2 aromatic heterocycles. The number of pyridine rings is 1. The van der Waals surface area contributed by atoms with Gasteiger partial charge in [-0.2, -0.15) is 0 Å². The highest BCUT2D eigenvalue weighted by Crippen LogP contribution is 2.28. The Hall–Kier alpha value is -3.00. The van der Waals surface area contributed by atoms with Crippen molar-refractivity contribution in [2.24, 2.45) is 0 Å². The van der Waals surface area contributed by atoms with Crippen LogP contribution in [0.1, 0.15) is 18.4 Å². The number of amides is 1. The van der Waals surface area contributed by atoms with Crippen molar-refractivity contribution in [3.05, 3.63) is 66.7 Å². The number of nitrogens with one attached hydrogen (secondary N) is 1. The van der Waals surface area contributed by atoms with Crippen molar-refractivity contribution in [3.8, 4) is 11.5 Å². The first kappa shape index (κ1) is 20.3. The number of H-pyrrole nitrogens is 1. The minimum Gasteiger partial charge on any atom is -0.493 e. The minimum absolute atomic E-state index is 0.287. The van der Waals surface area contributed by atoms with E-state index in [-0.39, 0.29) is 6.09 Å². The Labute approximate surface area is 179 Å². The molecule has 0 bridgehead atoms. The van der Waals surface area contributed by atoms with Crippen LogP contribution in [0.5, 0.6) is 11.5 Å². The average molecular weight is 425 g/mol. The molecule has 8 heteroatoms. The number of nitrogens with zero attached hydrogens (tertiary/aromatic N) is 3. The molecule has 3 heterocycles. The normalized spacial score (nSPS) is 14.5. The number of carbonyl (C=O) groups excluding carboxylic acids is 1. The Balaban J connectivity index is 1.19. The topological polar surface area (TPSA) is 80.3 Å². The summed E-state index contributed by atoms with van der Waals surface area (Å²) < 4.78 is 11.2. The van der Waals surface area contributed by atoms with Gasteiger partial charge < -0.3 is 19.4 Å². The first-order valence-electron chi connectivity index (χ1n) is 10.0. The van der Waals surface area contributed by atoms with E-state index in [9.17, 15) is 4.79 Å². The SMILES string of the molecule is O=C(Oc1ccc(CCOc2ccncc2)cc1)N1CCC(Sc2ncc[nH]2)CC1. The van der Waals surface area contributed by atoms with Gasteiger partial charge in [0.05, 0.1) is 6.61 Å². The standard InChI is InChI=1S/C22H24N4O3S/c27-22(26-14-7-20(8-15-26)30-21-24-12-13-25-21)29-19-3-1-17(2-4-19)9-16-28-18-5-10-23-11-6-18/h1-6,10-13,20H,7-9,14-16H2,(H,24,25). The molecule has 0 saturated carbocycles. The summed E-state index contributed by atoms with van der Waals surface area (Å²) in [6, 6.07) is 11.3. The number of benzene rings is 1. The third kappa shape index (κ3) is 5.76. The lowest BCUT2D eigenvalue weighted by Gasteiger charge is -2.30. The van der Waals surface area contributed by atoms with E-state index in [0.717, 1.165) is 35.7 Å². The highest BCUT2D eigenvalue weighted by atomic mass is 32.2. The number of aromatic amines is 1. The van der Waals surface area contributed by atoms with E-state index < -0.39 is 0 Å². The predicted molar refractivity (Wildman–Crippen MR) is 115 cm³/mol. The number of imidazole rings is 1. The lowest BCUT2D eigenvalue weighted by molar-refractivity contribution is 0.143. The van der Waals surface area contributed by atoms with Crippen molar-refractivity contribution >= 4 is 17.9 Å². The maximum absolute atomic E-state index is 12.5. The van der Waals surface area contributed by atoms with Crippen LogP contribution >= 0.6 is 11.8 Å². The molecule has 0 radical (unpaired) electrons. The van der Waals surface area contributed by atoms with Crippen LogP contribution in [0.4, 0.5) is 4.79 Å². The van der Waals surface area contributed by atoms with Gasteiger partial charge in [-0.05, 0) is 42.7 Å². The van der Waals surface area contributed by atoms with Crippen LogP contribution in [0.2, 0.25) is 0 Å². The predicted octanol–water partition coefficient (Wildman–Crippen LogP) is 4.18. The molecular weight excluding hydrogens is 400 g/mol. The smallest absolute Gasteiger partial charge is 0.415 e. The fraction of sp³-hybridized carbons (Fsp3) is 0.318. The monoisotopic (exact) mass is 424 g/mol. The van der Waals surface area contributed by atoms with Crippen LogP contribution in [0.25, 0.3) is 0 Å². The first-order valence-corrected chi connectivity index (χ1v) is 10.9. The van der Waals surface area contributed by atoms with Crippen molar-refractivity contribution < 1.29 is 14.3 Å². The van der Waals surface area contributed by atoms with Gasteiger partial charge in [-0.15, -0.1) is 0 Å². The maximum Gasteiger partial charge on any atom is 0.415 e. The summed E-state index contributed by atoms with van der Waals surface area (Å²) in [5.74, 6) is 1.37. The van der Waals surface area contributed by atoms with Gasteiger partial charge in [0.25, 0.3) is 0 Å². The molecule has 3 aromatic rings. The molecule has 1 amide bonds. The molecule has 1 aromatic carbocycles. The molecule has 1 fully saturated rings. The van der Waals surface area contributed by atoms with Crippen molar-refractivity contribution in [1.82, 2.24) is 19.9 Å². The Morgan fingerprint density at radius 2 is 1.83 bits per heavy atom. The quantitative estimate of drug-likeness (QED) is 0.613. The minimum atomic E-state index is -0.287. The molecule has 1 N–H and O–H groups in total. The van der Waals surface area contributed by atoms with Gasteiger partial charge in [0, 0.05) is 49.5 Å². The molecule has 4 rings (SSSR count). The Kier molecular flexibility index (Phi) is 6.87. The van der Waals surface area contributed by atoms with Crippen LogP contribution < -0.4 is 9.47 Å². The fourth-order valence-corrected chi connectivity index (χ4v) is 4.26. The largest absolute Gasteiger partial charge is 0.493 e. The molecular formula is C22H24N4O3S. The Morgan fingerprint density at radius 1 is 1.07 bits per heavy atom. The van der Waals surface area contributed by atoms with Crippen molar-refractivity contribution in [3.63, 3.8) is 0 Å². The second kappa shape index (κ2) is 10.2. The zero-order chi connectivity index (χ0) is 20.6. The number of piperidine rings is 1. The van der Waals surface area contributed by atoms with Gasteiger partial charge in [-0.3, -0.25) is 4.98 Å². The van der Waals surface area contributed by atoms with Gasteiger partial charge >= 0.3 is 6.09 Å². The van der Waals surface area contributed by atoms with Crippen LogP contribution in [0, 0.1) is 0 Å². The number of hydrogen-bond donors (Lipinski definition) is 1. The van der Waals surface area contributed by atoms with Gasteiger partial charge in [-0.25, -0.2) is 9.78 Å². The summed E-state index contributed by atoms with van der Waals surface area (Å²) in [5.41, 5.74) is 1.12. The fourth-order valence-electron chi connectivity index (χ4n) is 3.24. The molecule has 1 saturated heterocycles. The van der Waals surface area contributed by atoms with E-state index in [1.54, 1.807) is 35.3 Å². The zero-order valence-electron chi connectivity index (χ0n) is 16.6. The number of hydrogen-bond acceptors (Lipinski definition) is 6.